The molecule has 0 bridgehead atoms. The molecule has 0 aliphatic carbocycles. The van der Waals surface area contributed by atoms with Crippen LogP contribution in [0.4, 0.5) is 10.2 Å². The first-order valence-corrected chi connectivity index (χ1v) is 14.7. The number of rotatable bonds is 7. The van der Waals surface area contributed by atoms with Crippen molar-refractivity contribution in [3.8, 4) is 11.1 Å². The van der Waals surface area contributed by atoms with E-state index >= 15 is 0 Å². The van der Waals surface area contributed by atoms with Crippen molar-refractivity contribution in [3.63, 3.8) is 0 Å². The number of pyridine rings is 1. The molecule has 0 radical (unpaired) electrons. The summed E-state index contributed by atoms with van der Waals surface area (Å²) in [5, 5.41) is 2.95. The molecule has 1 atom stereocenters. The number of hydrogen-bond acceptors (Lipinski definition) is 7. The number of halogens is 1. The molecule has 4 heterocycles. The maximum absolute atomic E-state index is 13.6. The van der Waals surface area contributed by atoms with Crippen LogP contribution in [-0.2, 0) is 26.1 Å². The normalized spacial score (nSPS) is 18.3. The molecule has 6 rings (SSSR count). The smallest absolute Gasteiger partial charge is 0.277 e. The van der Waals surface area contributed by atoms with Crippen LogP contribution in [0.1, 0.15) is 18.4 Å². The molecule has 0 saturated carbocycles. The fraction of sp³-hybridized carbons (Fsp3) is 0.310. The average molecular weight is 565 g/mol. The van der Waals surface area contributed by atoms with E-state index in [-0.39, 0.29) is 29.7 Å². The molecule has 2 aliphatic rings. The Hall–Kier alpha value is -3.80. The van der Waals surface area contributed by atoms with Crippen molar-refractivity contribution >= 4 is 32.7 Å². The molecule has 9 nitrogen and oxygen atoms in total. The highest BCUT2D eigenvalue weighted by atomic mass is 32.2. The molecule has 2 aromatic carbocycles. The number of amides is 1. The minimum absolute atomic E-state index is 0.203. The first-order chi connectivity index (χ1) is 19.4. The molecule has 4 aromatic rings. The first kappa shape index (κ1) is 26.4. The third-order valence-corrected chi connectivity index (χ3v) is 9.10. The highest BCUT2D eigenvalue weighted by molar-refractivity contribution is 7.89. The van der Waals surface area contributed by atoms with Gasteiger partial charge in [0.2, 0.25) is 11.0 Å². The zero-order valence-electron chi connectivity index (χ0n) is 21.8. The fourth-order valence-corrected chi connectivity index (χ4v) is 6.83. The maximum atomic E-state index is 13.6. The van der Waals surface area contributed by atoms with E-state index in [4.69, 9.17) is 9.15 Å². The van der Waals surface area contributed by atoms with Gasteiger partial charge in [0.05, 0.1) is 13.2 Å². The van der Waals surface area contributed by atoms with Gasteiger partial charge in [-0.05, 0) is 60.4 Å². The molecule has 40 heavy (non-hydrogen) atoms. The summed E-state index contributed by atoms with van der Waals surface area (Å²) < 4.78 is 52.4. The van der Waals surface area contributed by atoms with Gasteiger partial charge in [-0.3, -0.25) is 4.79 Å². The number of nitrogens with zero attached hydrogens (tertiary/aromatic N) is 3. The van der Waals surface area contributed by atoms with Crippen molar-refractivity contribution in [2.45, 2.75) is 30.5 Å². The second-order valence-electron chi connectivity index (χ2n) is 9.94. The number of furan rings is 1. The van der Waals surface area contributed by atoms with Gasteiger partial charge in [-0.25, -0.2) is 17.8 Å². The lowest BCUT2D eigenvalue weighted by Gasteiger charge is -2.27. The maximum Gasteiger partial charge on any atom is 0.277 e. The van der Waals surface area contributed by atoms with Gasteiger partial charge in [0.1, 0.15) is 23.3 Å². The number of carbonyl (C=O) groups is 1. The van der Waals surface area contributed by atoms with Crippen molar-refractivity contribution in [2.24, 2.45) is 0 Å². The summed E-state index contributed by atoms with van der Waals surface area (Å²) in [6, 6.07) is 16.1. The number of anilines is 1. The van der Waals surface area contributed by atoms with E-state index in [0.29, 0.717) is 31.4 Å². The molecule has 2 saturated heterocycles. The zero-order chi connectivity index (χ0) is 27.7. The number of nitrogens with one attached hydrogen (secondary N) is 1. The average Bonchev–Trinajstić information content (AvgIpc) is 3.65. The number of ether oxygens (including phenoxy) is 1. The number of sulfonamides is 1. The van der Waals surface area contributed by atoms with E-state index in [1.807, 2.05) is 42.6 Å². The molecule has 208 valence electrons. The summed E-state index contributed by atoms with van der Waals surface area (Å²) in [6.45, 7) is 3.49. The fourth-order valence-electron chi connectivity index (χ4n) is 5.23. The van der Waals surface area contributed by atoms with E-state index in [0.717, 1.165) is 35.6 Å². The van der Waals surface area contributed by atoms with Gasteiger partial charge in [-0.15, -0.1) is 0 Å². The second kappa shape index (κ2) is 11.0. The molecule has 2 fully saturated rings. The van der Waals surface area contributed by atoms with Crippen LogP contribution in [0.15, 0.2) is 76.4 Å². The molecular weight excluding hydrogens is 535 g/mol. The van der Waals surface area contributed by atoms with Crippen LogP contribution >= 0.6 is 0 Å². The largest absolute Gasteiger partial charge is 0.443 e. The molecule has 1 N–H and O–H groups in total. The highest BCUT2D eigenvalue weighted by Crippen LogP contribution is 2.31. The quantitative estimate of drug-likeness (QED) is 0.363. The zero-order valence-corrected chi connectivity index (χ0v) is 22.6. The first-order valence-electron chi connectivity index (χ1n) is 13.3. The van der Waals surface area contributed by atoms with Gasteiger partial charge < -0.3 is 19.4 Å². The van der Waals surface area contributed by atoms with Crippen LogP contribution < -0.4 is 10.2 Å². The molecule has 2 aromatic heterocycles. The Kier molecular flexibility index (Phi) is 7.26. The second-order valence-corrected chi connectivity index (χ2v) is 11.8. The van der Waals surface area contributed by atoms with Gasteiger partial charge in [-0.2, -0.15) is 4.31 Å². The van der Waals surface area contributed by atoms with Crippen molar-refractivity contribution in [2.75, 3.05) is 37.7 Å². The number of carbonyl (C=O) groups excluding carboxylic acids is 1. The molecule has 0 spiro atoms. The lowest BCUT2D eigenvalue weighted by Crippen LogP contribution is -2.45. The van der Waals surface area contributed by atoms with Crippen molar-refractivity contribution in [3.05, 3.63) is 78.2 Å². The van der Waals surface area contributed by atoms with Crippen molar-refractivity contribution in [1.29, 1.82) is 0 Å². The minimum Gasteiger partial charge on any atom is -0.443 e. The Labute approximate surface area is 231 Å². The summed E-state index contributed by atoms with van der Waals surface area (Å²) in [5.74, 6) is 0.0625. The summed E-state index contributed by atoms with van der Waals surface area (Å²) in [4.78, 5) is 20.0. The number of fused-ring (bicyclic) bond motifs is 1. The molecule has 1 amide bonds. The lowest BCUT2D eigenvalue weighted by atomic mass is 10.0. The van der Waals surface area contributed by atoms with E-state index in [1.165, 1.54) is 28.6 Å². The minimum atomic E-state index is -4.08. The van der Waals surface area contributed by atoms with Gasteiger partial charge in [-0.1, -0.05) is 18.2 Å². The van der Waals surface area contributed by atoms with Crippen LogP contribution in [0.3, 0.4) is 0 Å². The Balaban J connectivity index is 1.12. The van der Waals surface area contributed by atoms with Gasteiger partial charge in [0.25, 0.3) is 10.0 Å². The molecule has 1 unspecified atom stereocenters. The standard InChI is InChI=1S/C29H29FN4O5S/c30-24-7-8-26-23(16-24)17-28(39-26)40(36,37)34-10-2-5-25(34)29(35)32-18-20-3-1-4-21(15-20)22-6-9-27(31-19-22)33-11-13-38-14-12-33/h1,3-4,6-9,15-17,19,25H,2,5,10-14,18H2,(H,32,35). The van der Waals surface area contributed by atoms with Gasteiger partial charge >= 0.3 is 0 Å². The summed E-state index contributed by atoms with van der Waals surface area (Å²) >= 11 is 0. The van der Waals surface area contributed by atoms with E-state index in [9.17, 15) is 17.6 Å². The Bertz CT molecular complexity index is 1630. The number of aromatic nitrogens is 1. The number of benzene rings is 2. The van der Waals surface area contributed by atoms with Crippen molar-refractivity contribution < 1.29 is 26.8 Å². The Morgan fingerprint density at radius 2 is 1.88 bits per heavy atom. The van der Waals surface area contributed by atoms with Crippen LogP contribution in [0.5, 0.6) is 0 Å². The SMILES string of the molecule is O=C(NCc1cccc(-c2ccc(N3CCOCC3)nc2)c1)C1CCCN1S(=O)(=O)c1cc2cc(F)ccc2o1. The molecular formula is C29H29FN4O5S. The van der Waals surface area contributed by atoms with E-state index in [1.54, 1.807) is 0 Å². The predicted molar refractivity (Wildman–Crippen MR) is 148 cm³/mol. The number of morpholine rings is 1. The lowest BCUT2D eigenvalue weighted by molar-refractivity contribution is -0.124. The van der Waals surface area contributed by atoms with Crippen LogP contribution in [0, 0.1) is 5.82 Å². The van der Waals surface area contributed by atoms with Crippen molar-refractivity contribution in [1.82, 2.24) is 14.6 Å². The van der Waals surface area contributed by atoms with Crippen LogP contribution in [0.2, 0.25) is 0 Å². The predicted octanol–water partition coefficient (Wildman–Crippen LogP) is 3.94. The Morgan fingerprint density at radius 3 is 2.67 bits per heavy atom. The van der Waals surface area contributed by atoms with Gasteiger partial charge in [0.15, 0.2) is 0 Å². The topological polar surface area (TPSA) is 105 Å². The molecule has 11 heteroatoms. The third-order valence-electron chi connectivity index (χ3n) is 7.34. The highest BCUT2D eigenvalue weighted by Gasteiger charge is 2.41. The van der Waals surface area contributed by atoms with Crippen LogP contribution in [-0.4, -0.2) is 62.5 Å². The summed E-state index contributed by atoms with van der Waals surface area (Å²) in [6.07, 6.45) is 2.80. The van der Waals surface area contributed by atoms with Gasteiger partial charge in [0, 0.05) is 49.4 Å². The van der Waals surface area contributed by atoms with E-state index < -0.39 is 21.9 Å². The van der Waals surface area contributed by atoms with E-state index in [2.05, 4.69) is 15.2 Å². The third kappa shape index (κ3) is 5.32. The summed E-state index contributed by atoms with van der Waals surface area (Å²) in [7, 11) is -4.08. The number of hydrogen-bond donors (Lipinski definition) is 1. The monoisotopic (exact) mass is 564 g/mol. The Morgan fingerprint density at radius 1 is 1.02 bits per heavy atom. The van der Waals surface area contributed by atoms with Crippen LogP contribution in [0.25, 0.3) is 22.1 Å². The summed E-state index contributed by atoms with van der Waals surface area (Å²) in [5.41, 5.74) is 3.09. The molecule has 2 aliphatic heterocycles.